The third-order valence-electron chi connectivity index (χ3n) is 2.62. The highest BCUT2D eigenvalue weighted by atomic mass is 79.9. The minimum Gasteiger partial charge on any atom is -0.467 e. The number of methoxy groups -OCH3 is 1. The average molecular weight is 326 g/mol. The Morgan fingerprint density at radius 1 is 1.42 bits per heavy atom. The smallest absolute Gasteiger partial charge is 0.328 e. The minimum absolute atomic E-state index is 0.151. The van der Waals surface area contributed by atoms with E-state index in [0.717, 1.165) is 9.86 Å². The van der Waals surface area contributed by atoms with Crippen LogP contribution in [0.25, 0.3) is 11.0 Å². The van der Waals surface area contributed by atoms with Crippen LogP contribution in [-0.2, 0) is 9.53 Å². The number of carbonyl (C=O) groups excluding carboxylic acids is 2. The second-order valence-corrected chi connectivity index (χ2v) is 4.84. The van der Waals surface area contributed by atoms with Crippen LogP contribution in [0.4, 0.5) is 0 Å². The number of furan rings is 1. The number of hydrogen-bond donors (Lipinski definition) is 1. The van der Waals surface area contributed by atoms with Crippen molar-refractivity contribution in [1.82, 2.24) is 5.32 Å². The van der Waals surface area contributed by atoms with Crippen molar-refractivity contribution in [3.63, 3.8) is 0 Å². The number of halogens is 1. The summed E-state index contributed by atoms with van der Waals surface area (Å²) < 4.78 is 10.8. The summed E-state index contributed by atoms with van der Waals surface area (Å²) in [7, 11) is 1.27. The lowest BCUT2D eigenvalue weighted by Gasteiger charge is -2.09. The van der Waals surface area contributed by atoms with E-state index in [1.165, 1.54) is 7.11 Å². The van der Waals surface area contributed by atoms with E-state index in [0.29, 0.717) is 5.58 Å². The quantitative estimate of drug-likeness (QED) is 0.880. The highest BCUT2D eigenvalue weighted by Gasteiger charge is 2.19. The van der Waals surface area contributed by atoms with Crippen LogP contribution in [0.3, 0.4) is 0 Å². The zero-order valence-electron chi connectivity index (χ0n) is 10.4. The van der Waals surface area contributed by atoms with E-state index >= 15 is 0 Å². The van der Waals surface area contributed by atoms with E-state index in [1.807, 2.05) is 18.2 Å². The van der Waals surface area contributed by atoms with E-state index < -0.39 is 17.9 Å². The van der Waals surface area contributed by atoms with Crippen LogP contribution < -0.4 is 5.32 Å². The molecule has 1 N–H and O–H groups in total. The standard InChI is InChI=1S/C13H12BrNO4/c1-7(13(17)18-2)15-12(16)10-6-8-4-3-5-9(14)11(8)19-10/h3-7H,1-2H3,(H,15,16). The number of hydrogen-bond acceptors (Lipinski definition) is 4. The molecule has 0 aliphatic heterocycles. The average Bonchev–Trinajstić information content (AvgIpc) is 2.83. The minimum atomic E-state index is -0.728. The predicted octanol–water partition coefficient (Wildman–Crippen LogP) is 2.49. The summed E-state index contributed by atoms with van der Waals surface area (Å²) in [6.07, 6.45) is 0. The maximum absolute atomic E-state index is 11.9. The van der Waals surface area contributed by atoms with Gasteiger partial charge in [-0.05, 0) is 35.0 Å². The highest BCUT2D eigenvalue weighted by molar-refractivity contribution is 9.10. The van der Waals surface area contributed by atoms with Gasteiger partial charge in [-0.15, -0.1) is 0 Å². The van der Waals surface area contributed by atoms with E-state index in [1.54, 1.807) is 13.0 Å². The Labute approximate surface area is 118 Å². The molecule has 6 heteroatoms. The number of carbonyl (C=O) groups is 2. The molecule has 0 fully saturated rings. The van der Waals surface area contributed by atoms with Crippen LogP contribution in [0.15, 0.2) is 33.2 Å². The van der Waals surface area contributed by atoms with Crippen LogP contribution >= 0.6 is 15.9 Å². The molecule has 1 heterocycles. The molecule has 0 bridgehead atoms. The van der Waals surface area contributed by atoms with E-state index in [2.05, 4.69) is 26.0 Å². The number of rotatable bonds is 3. The maximum Gasteiger partial charge on any atom is 0.328 e. The van der Waals surface area contributed by atoms with Gasteiger partial charge in [-0.3, -0.25) is 4.79 Å². The fourth-order valence-electron chi connectivity index (χ4n) is 1.64. The molecule has 0 saturated carbocycles. The van der Waals surface area contributed by atoms with Gasteiger partial charge in [-0.1, -0.05) is 12.1 Å². The number of para-hydroxylation sites is 1. The molecule has 2 aromatic rings. The number of esters is 1. The monoisotopic (exact) mass is 325 g/mol. The van der Waals surface area contributed by atoms with Crippen molar-refractivity contribution in [2.24, 2.45) is 0 Å². The molecule has 0 saturated heterocycles. The van der Waals surface area contributed by atoms with E-state index in [9.17, 15) is 9.59 Å². The van der Waals surface area contributed by atoms with Crippen molar-refractivity contribution in [3.05, 3.63) is 34.5 Å². The van der Waals surface area contributed by atoms with Gasteiger partial charge >= 0.3 is 5.97 Å². The summed E-state index contributed by atoms with van der Waals surface area (Å²) in [6, 6.07) is 6.41. The molecule has 1 aromatic carbocycles. The second kappa shape index (κ2) is 5.44. The first-order valence-corrected chi connectivity index (χ1v) is 6.39. The zero-order valence-corrected chi connectivity index (χ0v) is 12.0. The van der Waals surface area contributed by atoms with Crippen LogP contribution in [0.2, 0.25) is 0 Å². The summed E-state index contributed by atoms with van der Waals surface area (Å²) in [5, 5.41) is 3.32. The van der Waals surface area contributed by atoms with Gasteiger partial charge in [0.1, 0.15) is 11.6 Å². The fourth-order valence-corrected chi connectivity index (χ4v) is 2.11. The molecular weight excluding hydrogens is 314 g/mol. The molecule has 19 heavy (non-hydrogen) atoms. The third-order valence-corrected chi connectivity index (χ3v) is 3.25. The van der Waals surface area contributed by atoms with Gasteiger partial charge < -0.3 is 14.5 Å². The molecular formula is C13H12BrNO4. The predicted molar refractivity (Wildman–Crippen MR) is 72.9 cm³/mol. The lowest BCUT2D eigenvalue weighted by molar-refractivity contribution is -0.142. The zero-order chi connectivity index (χ0) is 14.0. The molecule has 1 atom stereocenters. The van der Waals surface area contributed by atoms with Crippen molar-refractivity contribution in [3.8, 4) is 0 Å². The Kier molecular flexibility index (Phi) is 3.90. The molecule has 0 spiro atoms. The van der Waals surface area contributed by atoms with Gasteiger partial charge in [-0.2, -0.15) is 0 Å². The van der Waals surface area contributed by atoms with Crippen molar-refractivity contribution in [2.75, 3.05) is 7.11 Å². The summed E-state index contributed by atoms with van der Waals surface area (Å²) in [5.41, 5.74) is 0.596. The SMILES string of the molecule is COC(=O)C(C)NC(=O)c1cc2cccc(Br)c2o1. The molecule has 0 radical (unpaired) electrons. The lowest BCUT2D eigenvalue weighted by atomic mass is 10.2. The number of benzene rings is 1. The molecule has 2 rings (SSSR count). The summed E-state index contributed by atoms with van der Waals surface area (Å²) in [6.45, 7) is 1.54. The Morgan fingerprint density at radius 2 is 2.16 bits per heavy atom. The van der Waals surface area contributed by atoms with Crippen molar-refractivity contribution < 1.29 is 18.7 Å². The number of amides is 1. The molecule has 0 aliphatic carbocycles. The first-order valence-electron chi connectivity index (χ1n) is 5.59. The van der Waals surface area contributed by atoms with Crippen molar-refractivity contribution in [1.29, 1.82) is 0 Å². The normalized spacial score (nSPS) is 12.2. The lowest BCUT2D eigenvalue weighted by Crippen LogP contribution is -2.38. The topological polar surface area (TPSA) is 68.5 Å². The van der Waals surface area contributed by atoms with Gasteiger partial charge in [0.2, 0.25) is 0 Å². The summed E-state index contributed by atoms with van der Waals surface area (Å²) in [5.74, 6) is -0.815. The van der Waals surface area contributed by atoms with Gasteiger partial charge in [0.15, 0.2) is 5.76 Å². The van der Waals surface area contributed by atoms with Gasteiger partial charge in [0.05, 0.1) is 11.6 Å². The third kappa shape index (κ3) is 2.78. The van der Waals surface area contributed by atoms with Crippen LogP contribution in [0, 0.1) is 0 Å². The second-order valence-electron chi connectivity index (χ2n) is 3.99. The van der Waals surface area contributed by atoms with E-state index in [-0.39, 0.29) is 5.76 Å². The number of fused-ring (bicyclic) bond motifs is 1. The largest absolute Gasteiger partial charge is 0.467 e. The summed E-state index contributed by atoms with van der Waals surface area (Å²) >= 11 is 3.35. The summed E-state index contributed by atoms with van der Waals surface area (Å²) in [4.78, 5) is 23.2. The Hall–Kier alpha value is -1.82. The molecule has 5 nitrogen and oxygen atoms in total. The van der Waals surface area contributed by atoms with Crippen LogP contribution in [0.5, 0.6) is 0 Å². The number of nitrogens with one attached hydrogen (secondary N) is 1. The molecule has 1 amide bonds. The molecule has 1 unspecified atom stereocenters. The molecule has 1 aromatic heterocycles. The molecule has 100 valence electrons. The van der Waals surface area contributed by atoms with Gasteiger partial charge in [0, 0.05) is 5.39 Å². The first-order chi connectivity index (χ1) is 9.02. The first kappa shape index (κ1) is 13.6. The Bertz CT molecular complexity index is 635. The van der Waals surface area contributed by atoms with Crippen molar-refractivity contribution >= 4 is 38.8 Å². The highest BCUT2D eigenvalue weighted by Crippen LogP contribution is 2.26. The van der Waals surface area contributed by atoms with Crippen LogP contribution in [-0.4, -0.2) is 25.0 Å². The van der Waals surface area contributed by atoms with Crippen molar-refractivity contribution in [2.45, 2.75) is 13.0 Å². The van der Waals surface area contributed by atoms with E-state index in [4.69, 9.17) is 4.42 Å². The molecule has 0 aliphatic rings. The maximum atomic E-state index is 11.9. The van der Waals surface area contributed by atoms with Crippen LogP contribution in [0.1, 0.15) is 17.5 Å². The van der Waals surface area contributed by atoms with Gasteiger partial charge in [0.25, 0.3) is 5.91 Å². The Balaban J connectivity index is 2.22. The van der Waals surface area contributed by atoms with Gasteiger partial charge in [-0.25, -0.2) is 4.79 Å². The Morgan fingerprint density at radius 3 is 2.79 bits per heavy atom. The number of ether oxygens (including phenoxy) is 1. The fraction of sp³-hybridized carbons (Fsp3) is 0.231.